The summed E-state index contributed by atoms with van der Waals surface area (Å²) in [6.07, 6.45) is 0.222. The molecule has 1 saturated heterocycles. The number of benzene rings is 1. The normalized spacial score (nSPS) is 24.6. The van der Waals surface area contributed by atoms with Crippen molar-refractivity contribution in [1.29, 1.82) is 0 Å². The molecule has 4 nitrogen and oxygen atoms in total. The summed E-state index contributed by atoms with van der Waals surface area (Å²) in [5.74, 6) is 0.867. The number of hydrogen-bond donors (Lipinski definition) is 1. The fourth-order valence-electron chi connectivity index (χ4n) is 2.71. The van der Waals surface area contributed by atoms with E-state index < -0.39 is 6.10 Å². The molecule has 2 unspecified atom stereocenters. The number of fused-ring (bicyclic) bond motifs is 1. The van der Waals surface area contributed by atoms with E-state index in [1.807, 2.05) is 17.0 Å². The van der Waals surface area contributed by atoms with Crippen molar-refractivity contribution >= 4 is 29.9 Å². The summed E-state index contributed by atoms with van der Waals surface area (Å²) in [6.45, 7) is 4.50. The first kappa shape index (κ1) is 15.4. The second-order valence-corrected chi connectivity index (χ2v) is 5.58. The SMILES string of the molecule is CC1CNCCN1C(=O)C1Cc2cc(Cl)ccc2O1.Cl. The van der Waals surface area contributed by atoms with E-state index in [2.05, 4.69) is 12.2 Å². The highest BCUT2D eigenvalue weighted by Gasteiger charge is 2.35. The average Bonchev–Trinajstić information content (AvgIpc) is 2.81. The van der Waals surface area contributed by atoms with Gasteiger partial charge in [-0.15, -0.1) is 12.4 Å². The van der Waals surface area contributed by atoms with Crippen LogP contribution in [0.25, 0.3) is 0 Å². The Morgan fingerprint density at radius 3 is 3.05 bits per heavy atom. The third-order valence-electron chi connectivity index (χ3n) is 3.76. The molecule has 0 saturated carbocycles. The van der Waals surface area contributed by atoms with Gasteiger partial charge in [0.1, 0.15) is 5.75 Å². The highest BCUT2D eigenvalue weighted by molar-refractivity contribution is 6.30. The third kappa shape index (κ3) is 2.87. The number of amides is 1. The van der Waals surface area contributed by atoms with Gasteiger partial charge >= 0.3 is 0 Å². The number of ether oxygens (including phenoxy) is 1. The summed E-state index contributed by atoms with van der Waals surface area (Å²) in [5, 5.41) is 3.97. The highest BCUT2D eigenvalue weighted by Crippen LogP contribution is 2.31. The van der Waals surface area contributed by atoms with E-state index >= 15 is 0 Å². The van der Waals surface area contributed by atoms with Gasteiger partial charge in [-0.25, -0.2) is 0 Å². The molecule has 0 spiro atoms. The monoisotopic (exact) mass is 316 g/mol. The van der Waals surface area contributed by atoms with Crippen LogP contribution in [0.3, 0.4) is 0 Å². The van der Waals surface area contributed by atoms with E-state index in [9.17, 15) is 4.79 Å². The summed E-state index contributed by atoms with van der Waals surface area (Å²) in [6, 6.07) is 5.73. The van der Waals surface area contributed by atoms with E-state index in [1.165, 1.54) is 0 Å². The lowest BCUT2D eigenvalue weighted by molar-refractivity contribution is -0.140. The van der Waals surface area contributed by atoms with Crippen LogP contribution in [0.4, 0.5) is 0 Å². The zero-order valence-corrected chi connectivity index (χ0v) is 12.8. The van der Waals surface area contributed by atoms with Crippen molar-refractivity contribution < 1.29 is 9.53 Å². The highest BCUT2D eigenvalue weighted by atomic mass is 35.5. The number of piperazine rings is 1. The summed E-state index contributed by atoms with van der Waals surface area (Å²) in [7, 11) is 0. The Kier molecular flexibility index (Phi) is 4.78. The van der Waals surface area contributed by atoms with Gasteiger partial charge in [0.15, 0.2) is 6.10 Å². The molecule has 0 radical (unpaired) electrons. The molecule has 2 aliphatic heterocycles. The van der Waals surface area contributed by atoms with Crippen LogP contribution >= 0.6 is 24.0 Å². The Bertz CT molecular complexity index is 510. The first-order valence-corrected chi connectivity index (χ1v) is 6.99. The zero-order valence-electron chi connectivity index (χ0n) is 11.3. The maximum atomic E-state index is 12.5. The van der Waals surface area contributed by atoms with Crippen LogP contribution in [0.1, 0.15) is 12.5 Å². The van der Waals surface area contributed by atoms with Gasteiger partial charge in [-0.3, -0.25) is 4.79 Å². The maximum Gasteiger partial charge on any atom is 0.264 e. The van der Waals surface area contributed by atoms with Crippen LogP contribution in [0, 0.1) is 0 Å². The smallest absolute Gasteiger partial charge is 0.264 e. The molecular weight excluding hydrogens is 299 g/mol. The first-order valence-electron chi connectivity index (χ1n) is 6.61. The second-order valence-electron chi connectivity index (χ2n) is 5.15. The second kappa shape index (κ2) is 6.20. The zero-order chi connectivity index (χ0) is 13.4. The van der Waals surface area contributed by atoms with Gasteiger partial charge < -0.3 is 15.0 Å². The van der Waals surface area contributed by atoms with Crippen molar-refractivity contribution in [2.75, 3.05) is 19.6 Å². The van der Waals surface area contributed by atoms with Gasteiger partial charge in [-0.1, -0.05) is 11.6 Å². The van der Waals surface area contributed by atoms with Gasteiger partial charge in [0.05, 0.1) is 0 Å². The van der Waals surface area contributed by atoms with E-state index in [0.29, 0.717) is 11.4 Å². The minimum Gasteiger partial charge on any atom is -0.480 e. The van der Waals surface area contributed by atoms with Gasteiger partial charge in [0.25, 0.3) is 5.91 Å². The van der Waals surface area contributed by atoms with Crippen molar-refractivity contribution in [3.05, 3.63) is 28.8 Å². The predicted octanol–water partition coefficient (Wildman–Crippen LogP) is 1.89. The molecule has 6 heteroatoms. The van der Waals surface area contributed by atoms with Crippen LogP contribution in [0.5, 0.6) is 5.75 Å². The van der Waals surface area contributed by atoms with Crippen molar-refractivity contribution in [3.8, 4) is 5.75 Å². The van der Waals surface area contributed by atoms with E-state index in [0.717, 1.165) is 30.9 Å². The van der Waals surface area contributed by atoms with Crippen molar-refractivity contribution in [3.63, 3.8) is 0 Å². The minimum atomic E-state index is -0.394. The molecule has 2 atom stereocenters. The number of rotatable bonds is 1. The molecule has 2 heterocycles. The van der Waals surface area contributed by atoms with Gasteiger partial charge in [-0.05, 0) is 30.7 Å². The summed E-state index contributed by atoms with van der Waals surface area (Å²) >= 11 is 5.96. The third-order valence-corrected chi connectivity index (χ3v) is 3.99. The quantitative estimate of drug-likeness (QED) is 0.860. The molecule has 1 aromatic carbocycles. The van der Waals surface area contributed by atoms with Crippen molar-refractivity contribution in [2.45, 2.75) is 25.5 Å². The Hall–Kier alpha value is -0.970. The molecule has 1 aromatic rings. The molecule has 110 valence electrons. The number of halogens is 2. The molecule has 1 amide bonds. The summed E-state index contributed by atoms with van der Waals surface area (Å²) < 4.78 is 5.76. The minimum absolute atomic E-state index is 0. The van der Waals surface area contributed by atoms with Crippen LogP contribution in [-0.2, 0) is 11.2 Å². The largest absolute Gasteiger partial charge is 0.480 e. The fourth-order valence-corrected chi connectivity index (χ4v) is 2.90. The van der Waals surface area contributed by atoms with Crippen LogP contribution < -0.4 is 10.1 Å². The van der Waals surface area contributed by atoms with Crippen LogP contribution in [-0.4, -0.2) is 42.6 Å². The summed E-state index contributed by atoms with van der Waals surface area (Å²) in [4.78, 5) is 14.4. The molecule has 1 N–H and O–H groups in total. The van der Waals surface area contributed by atoms with E-state index in [-0.39, 0.29) is 24.4 Å². The topological polar surface area (TPSA) is 41.6 Å². The standard InChI is InChI=1S/C14H17ClN2O2.ClH/c1-9-8-16-4-5-17(9)14(18)13-7-10-6-11(15)2-3-12(10)19-13;/h2-3,6,9,13,16H,4-5,7-8H2,1H3;1H. The van der Waals surface area contributed by atoms with Crippen LogP contribution in [0.2, 0.25) is 5.02 Å². The summed E-state index contributed by atoms with van der Waals surface area (Å²) in [5.41, 5.74) is 1.02. The molecule has 3 rings (SSSR count). The molecule has 20 heavy (non-hydrogen) atoms. The predicted molar refractivity (Wildman–Crippen MR) is 80.9 cm³/mol. The number of carbonyl (C=O) groups excluding carboxylic acids is 1. The van der Waals surface area contributed by atoms with E-state index in [4.69, 9.17) is 16.3 Å². The van der Waals surface area contributed by atoms with Gasteiger partial charge in [0, 0.05) is 37.1 Å². The molecule has 0 bridgehead atoms. The number of hydrogen-bond acceptors (Lipinski definition) is 3. The Balaban J connectivity index is 0.00000147. The lowest BCUT2D eigenvalue weighted by Crippen LogP contribution is -2.55. The van der Waals surface area contributed by atoms with E-state index in [1.54, 1.807) is 6.07 Å². The molecule has 1 fully saturated rings. The molecule has 0 aromatic heterocycles. The van der Waals surface area contributed by atoms with Crippen LogP contribution in [0.15, 0.2) is 18.2 Å². The van der Waals surface area contributed by atoms with Crippen molar-refractivity contribution in [1.82, 2.24) is 10.2 Å². The molecule has 0 aliphatic carbocycles. The Morgan fingerprint density at radius 2 is 2.30 bits per heavy atom. The Labute approximate surface area is 129 Å². The Morgan fingerprint density at radius 1 is 1.50 bits per heavy atom. The lowest BCUT2D eigenvalue weighted by atomic mass is 10.1. The number of carbonyl (C=O) groups is 1. The molecule has 2 aliphatic rings. The fraction of sp³-hybridized carbons (Fsp3) is 0.500. The first-order chi connectivity index (χ1) is 9.15. The number of nitrogens with zero attached hydrogens (tertiary/aromatic N) is 1. The molecular formula is C14H18Cl2N2O2. The maximum absolute atomic E-state index is 12.5. The van der Waals surface area contributed by atoms with Gasteiger partial charge in [-0.2, -0.15) is 0 Å². The average molecular weight is 317 g/mol. The van der Waals surface area contributed by atoms with Crippen molar-refractivity contribution in [2.24, 2.45) is 0 Å². The lowest BCUT2D eigenvalue weighted by Gasteiger charge is -2.35. The van der Waals surface area contributed by atoms with Gasteiger partial charge in [0.2, 0.25) is 0 Å². The number of nitrogens with one attached hydrogen (secondary N) is 1.